The van der Waals surface area contributed by atoms with E-state index in [2.05, 4.69) is 20.7 Å². The average molecular weight is 343 g/mol. The van der Waals surface area contributed by atoms with Gasteiger partial charge in [0, 0.05) is 18.2 Å². The van der Waals surface area contributed by atoms with E-state index in [9.17, 15) is 9.59 Å². The molecule has 1 atom stereocenters. The number of hydrogen-bond acceptors (Lipinski definition) is 6. The molecule has 25 heavy (non-hydrogen) atoms. The van der Waals surface area contributed by atoms with E-state index in [-0.39, 0.29) is 23.4 Å². The minimum Gasteiger partial charge on any atom is -0.460 e. The van der Waals surface area contributed by atoms with Gasteiger partial charge in [-0.1, -0.05) is 0 Å². The maximum Gasteiger partial charge on any atom is 0.312 e. The van der Waals surface area contributed by atoms with Crippen LogP contribution in [-0.2, 0) is 9.53 Å². The van der Waals surface area contributed by atoms with E-state index in [0.29, 0.717) is 24.3 Å². The Morgan fingerprint density at radius 3 is 3.08 bits per heavy atom. The van der Waals surface area contributed by atoms with Crippen LogP contribution in [0.1, 0.15) is 35.3 Å². The Hall–Kier alpha value is -2.48. The number of aryl methyl sites for hydroxylation is 1. The van der Waals surface area contributed by atoms with Crippen LogP contribution in [0.4, 0.5) is 0 Å². The number of hydrogen-bond donors (Lipinski definition) is 2. The highest BCUT2D eigenvalue weighted by Gasteiger charge is 2.49. The summed E-state index contributed by atoms with van der Waals surface area (Å²) in [7, 11) is 0. The quantitative estimate of drug-likeness (QED) is 0.786. The molecule has 1 amide bonds. The Kier molecular flexibility index (Phi) is 3.91. The number of ether oxygens (including phenoxy) is 1. The first-order valence-electron chi connectivity index (χ1n) is 8.58. The second kappa shape index (κ2) is 6.11. The fraction of sp³-hybridized carbons (Fsp3) is 0.529. The van der Waals surface area contributed by atoms with Gasteiger partial charge in [0.05, 0.1) is 18.2 Å². The molecule has 2 fully saturated rings. The van der Waals surface area contributed by atoms with Crippen molar-refractivity contribution in [2.45, 2.75) is 32.3 Å². The summed E-state index contributed by atoms with van der Waals surface area (Å²) in [5.74, 6) is -0.395. The first-order valence-corrected chi connectivity index (χ1v) is 8.58. The Morgan fingerprint density at radius 1 is 1.48 bits per heavy atom. The summed E-state index contributed by atoms with van der Waals surface area (Å²) in [4.78, 5) is 29.0. The molecule has 0 aromatic carbocycles. The third kappa shape index (κ3) is 2.86. The second-order valence-electron chi connectivity index (χ2n) is 6.88. The summed E-state index contributed by atoms with van der Waals surface area (Å²) in [6.07, 6.45) is 5.42. The zero-order valence-electron chi connectivity index (χ0n) is 14.1. The molecule has 0 bridgehead atoms. The van der Waals surface area contributed by atoms with Crippen molar-refractivity contribution < 1.29 is 14.3 Å². The van der Waals surface area contributed by atoms with Crippen molar-refractivity contribution in [2.75, 3.05) is 19.6 Å². The monoisotopic (exact) mass is 343 g/mol. The van der Waals surface area contributed by atoms with Gasteiger partial charge in [0.1, 0.15) is 11.8 Å². The van der Waals surface area contributed by atoms with E-state index in [1.54, 1.807) is 23.0 Å². The molecule has 0 aliphatic carbocycles. The lowest BCUT2D eigenvalue weighted by molar-refractivity contribution is -0.149. The SMILES string of the molecule is Cc1cnn2ccc(C(=O)NCC3CC4(CCNCC4)C(=O)O3)nc12. The number of piperidine rings is 1. The summed E-state index contributed by atoms with van der Waals surface area (Å²) >= 11 is 0. The number of esters is 1. The number of nitrogens with zero attached hydrogens (tertiary/aromatic N) is 3. The number of amides is 1. The molecule has 132 valence electrons. The number of fused-ring (bicyclic) bond motifs is 1. The second-order valence-corrected chi connectivity index (χ2v) is 6.88. The topological polar surface area (TPSA) is 97.6 Å². The number of nitrogens with one attached hydrogen (secondary N) is 2. The highest BCUT2D eigenvalue weighted by Crippen LogP contribution is 2.41. The minimum atomic E-state index is -0.369. The Balaban J connectivity index is 1.40. The lowest BCUT2D eigenvalue weighted by atomic mass is 9.76. The molecule has 0 radical (unpaired) electrons. The van der Waals surface area contributed by atoms with Crippen molar-refractivity contribution in [1.82, 2.24) is 25.2 Å². The molecule has 2 aliphatic heterocycles. The molecule has 2 aromatic heterocycles. The van der Waals surface area contributed by atoms with Gasteiger partial charge in [-0.2, -0.15) is 5.10 Å². The summed E-state index contributed by atoms with van der Waals surface area (Å²) < 4.78 is 7.13. The highest BCUT2D eigenvalue weighted by molar-refractivity contribution is 5.92. The van der Waals surface area contributed by atoms with Crippen molar-refractivity contribution in [3.05, 3.63) is 29.7 Å². The van der Waals surface area contributed by atoms with Gasteiger partial charge in [-0.25, -0.2) is 9.50 Å². The first-order chi connectivity index (χ1) is 12.1. The Morgan fingerprint density at radius 2 is 2.28 bits per heavy atom. The zero-order valence-corrected chi connectivity index (χ0v) is 14.1. The number of carbonyl (C=O) groups is 2. The molecule has 8 heteroatoms. The van der Waals surface area contributed by atoms with E-state index >= 15 is 0 Å². The van der Waals surface area contributed by atoms with Gasteiger partial charge in [0.2, 0.25) is 0 Å². The van der Waals surface area contributed by atoms with Crippen LogP contribution >= 0.6 is 0 Å². The van der Waals surface area contributed by atoms with Crippen molar-refractivity contribution in [2.24, 2.45) is 5.41 Å². The predicted molar refractivity (Wildman–Crippen MR) is 89.1 cm³/mol. The number of rotatable bonds is 3. The van der Waals surface area contributed by atoms with Gasteiger partial charge >= 0.3 is 5.97 Å². The fourth-order valence-corrected chi connectivity index (χ4v) is 3.67. The lowest BCUT2D eigenvalue weighted by Crippen LogP contribution is -2.39. The average Bonchev–Trinajstić information content (AvgIpc) is 3.14. The Labute approximate surface area is 144 Å². The summed E-state index contributed by atoms with van der Waals surface area (Å²) in [5, 5.41) is 10.2. The zero-order chi connectivity index (χ0) is 17.4. The third-order valence-electron chi connectivity index (χ3n) is 5.15. The Bertz CT molecular complexity index is 825. The van der Waals surface area contributed by atoms with Crippen molar-refractivity contribution >= 4 is 17.5 Å². The lowest BCUT2D eigenvalue weighted by Gasteiger charge is -2.29. The van der Waals surface area contributed by atoms with Gasteiger partial charge in [0.25, 0.3) is 5.91 Å². The maximum absolute atomic E-state index is 12.4. The van der Waals surface area contributed by atoms with Gasteiger partial charge < -0.3 is 15.4 Å². The van der Waals surface area contributed by atoms with Crippen LogP contribution in [0, 0.1) is 12.3 Å². The van der Waals surface area contributed by atoms with Gasteiger partial charge in [0.15, 0.2) is 5.65 Å². The number of carbonyl (C=O) groups excluding carboxylic acids is 2. The molecule has 2 N–H and O–H groups in total. The van der Waals surface area contributed by atoms with Crippen LogP contribution in [-0.4, -0.2) is 52.2 Å². The van der Waals surface area contributed by atoms with Crippen LogP contribution in [0.15, 0.2) is 18.5 Å². The molecular weight excluding hydrogens is 322 g/mol. The fourth-order valence-electron chi connectivity index (χ4n) is 3.67. The minimum absolute atomic E-state index is 0.123. The maximum atomic E-state index is 12.4. The summed E-state index contributed by atoms with van der Waals surface area (Å²) in [6.45, 7) is 3.88. The van der Waals surface area contributed by atoms with E-state index in [0.717, 1.165) is 31.5 Å². The van der Waals surface area contributed by atoms with Crippen LogP contribution in [0.5, 0.6) is 0 Å². The van der Waals surface area contributed by atoms with Crippen LogP contribution in [0.2, 0.25) is 0 Å². The first kappa shape index (κ1) is 16.0. The molecule has 8 nitrogen and oxygen atoms in total. The third-order valence-corrected chi connectivity index (χ3v) is 5.15. The van der Waals surface area contributed by atoms with E-state index in [4.69, 9.17) is 4.74 Å². The molecule has 4 heterocycles. The molecule has 4 rings (SSSR count). The normalized spacial score (nSPS) is 22.3. The molecule has 2 saturated heterocycles. The molecule has 1 unspecified atom stereocenters. The molecular formula is C17H21N5O3. The van der Waals surface area contributed by atoms with E-state index < -0.39 is 0 Å². The van der Waals surface area contributed by atoms with E-state index in [1.165, 1.54) is 0 Å². The van der Waals surface area contributed by atoms with Gasteiger partial charge in [-0.3, -0.25) is 9.59 Å². The summed E-state index contributed by atoms with van der Waals surface area (Å²) in [5.41, 5.74) is 1.53. The standard InChI is InChI=1S/C17H21N5O3/c1-11-9-20-22-7-2-13(21-14(11)22)15(23)19-10-12-8-17(16(24)25-12)3-5-18-6-4-17/h2,7,9,12,18H,3-6,8,10H2,1H3,(H,19,23). The highest BCUT2D eigenvalue weighted by atomic mass is 16.6. The van der Waals surface area contributed by atoms with E-state index in [1.807, 2.05) is 6.92 Å². The molecule has 0 saturated carbocycles. The molecule has 2 aromatic rings. The van der Waals surface area contributed by atoms with Crippen LogP contribution in [0.25, 0.3) is 5.65 Å². The number of aromatic nitrogens is 3. The van der Waals surface area contributed by atoms with Crippen molar-refractivity contribution in [3.63, 3.8) is 0 Å². The predicted octanol–water partition coefficient (Wildman–Crippen LogP) is 0.453. The van der Waals surface area contributed by atoms with Crippen molar-refractivity contribution in [1.29, 1.82) is 0 Å². The molecule has 2 aliphatic rings. The van der Waals surface area contributed by atoms with Crippen LogP contribution in [0.3, 0.4) is 0 Å². The van der Waals surface area contributed by atoms with Gasteiger partial charge in [-0.05, 0) is 38.9 Å². The molecule has 1 spiro atoms. The summed E-state index contributed by atoms with van der Waals surface area (Å²) in [6, 6.07) is 1.63. The van der Waals surface area contributed by atoms with Crippen molar-refractivity contribution in [3.8, 4) is 0 Å². The smallest absolute Gasteiger partial charge is 0.312 e. The van der Waals surface area contributed by atoms with Gasteiger partial charge in [-0.15, -0.1) is 0 Å². The largest absolute Gasteiger partial charge is 0.460 e. The number of cyclic esters (lactones) is 1. The van der Waals surface area contributed by atoms with Crippen LogP contribution < -0.4 is 10.6 Å².